The molecule has 0 aliphatic rings. The van der Waals surface area contributed by atoms with Gasteiger partial charge in [-0.2, -0.15) is 0 Å². The smallest absolute Gasteiger partial charge is 0.230 e. The molecule has 8 heteroatoms. The monoisotopic (exact) mass is 488 g/mol. The summed E-state index contributed by atoms with van der Waals surface area (Å²) in [6.07, 6.45) is 0. The lowest BCUT2D eigenvalue weighted by Crippen LogP contribution is -2.28. The molecule has 0 spiro atoms. The summed E-state index contributed by atoms with van der Waals surface area (Å²) in [4.78, 5) is 12.7. The predicted octanol–water partition coefficient (Wildman–Crippen LogP) is 5.31. The van der Waals surface area contributed by atoms with Crippen LogP contribution < -0.4 is 14.8 Å². The van der Waals surface area contributed by atoms with Crippen molar-refractivity contribution >= 4 is 17.7 Å². The van der Waals surface area contributed by atoms with Gasteiger partial charge in [-0.05, 0) is 55.8 Å². The predicted molar refractivity (Wildman–Crippen MR) is 138 cm³/mol. The molecule has 0 saturated carbocycles. The summed E-state index contributed by atoms with van der Waals surface area (Å²) in [5.41, 5.74) is 2.73. The highest BCUT2D eigenvalue weighted by Gasteiger charge is 2.20. The molecule has 1 unspecified atom stereocenters. The van der Waals surface area contributed by atoms with Gasteiger partial charge < -0.3 is 14.8 Å². The highest BCUT2D eigenvalue weighted by Crippen LogP contribution is 2.33. The fourth-order valence-electron chi connectivity index (χ4n) is 3.70. The fraction of sp³-hybridized carbons (Fsp3) is 0.222. The molecule has 0 fully saturated rings. The Balaban J connectivity index is 1.60. The lowest BCUT2D eigenvalue weighted by molar-refractivity contribution is -0.119. The van der Waals surface area contributed by atoms with E-state index in [1.54, 1.807) is 7.11 Å². The number of nitrogens with one attached hydrogen (secondary N) is 1. The minimum absolute atomic E-state index is 0.0774. The third-order valence-corrected chi connectivity index (χ3v) is 6.33. The number of carbonyl (C=O) groups excluding carboxylic acids is 1. The first-order valence-electron chi connectivity index (χ1n) is 11.4. The number of carbonyl (C=O) groups is 1. The van der Waals surface area contributed by atoms with Crippen molar-refractivity contribution in [1.82, 2.24) is 20.1 Å². The molecule has 0 aliphatic heterocycles. The summed E-state index contributed by atoms with van der Waals surface area (Å²) in [7, 11) is 1.63. The molecule has 1 amide bonds. The van der Waals surface area contributed by atoms with E-state index in [1.807, 2.05) is 97.3 Å². The molecular formula is C27H28N4O3S. The van der Waals surface area contributed by atoms with Crippen molar-refractivity contribution < 1.29 is 14.3 Å². The zero-order valence-corrected chi connectivity index (χ0v) is 20.8. The average molecular weight is 489 g/mol. The van der Waals surface area contributed by atoms with Gasteiger partial charge in [-0.3, -0.25) is 9.36 Å². The number of thioether (sulfide) groups is 1. The number of ether oxygens (including phenoxy) is 2. The number of aromatic nitrogens is 3. The Morgan fingerprint density at radius 3 is 2.43 bits per heavy atom. The van der Waals surface area contributed by atoms with Crippen molar-refractivity contribution in [3.63, 3.8) is 0 Å². The van der Waals surface area contributed by atoms with Crippen LogP contribution in [0.3, 0.4) is 0 Å². The van der Waals surface area contributed by atoms with Crippen LogP contribution in [0.15, 0.2) is 84.0 Å². The van der Waals surface area contributed by atoms with Gasteiger partial charge in [0, 0.05) is 0 Å². The van der Waals surface area contributed by atoms with Gasteiger partial charge in [0.1, 0.15) is 11.5 Å². The topological polar surface area (TPSA) is 78.3 Å². The Bertz CT molecular complexity index is 1260. The maximum absolute atomic E-state index is 12.7. The molecule has 0 saturated heterocycles. The summed E-state index contributed by atoms with van der Waals surface area (Å²) in [5.74, 6) is 2.24. The van der Waals surface area contributed by atoms with E-state index in [1.165, 1.54) is 11.8 Å². The van der Waals surface area contributed by atoms with E-state index in [9.17, 15) is 4.79 Å². The highest BCUT2D eigenvalue weighted by molar-refractivity contribution is 7.99. The van der Waals surface area contributed by atoms with Crippen molar-refractivity contribution in [1.29, 1.82) is 0 Å². The van der Waals surface area contributed by atoms with Crippen LogP contribution in [0.4, 0.5) is 0 Å². The number of rotatable bonds is 10. The molecule has 4 aromatic rings. The van der Waals surface area contributed by atoms with E-state index < -0.39 is 0 Å². The molecule has 1 aromatic heterocycles. The van der Waals surface area contributed by atoms with E-state index in [4.69, 9.17) is 9.47 Å². The molecule has 35 heavy (non-hydrogen) atoms. The van der Waals surface area contributed by atoms with Crippen LogP contribution in [0.1, 0.15) is 25.5 Å². The molecule has 1 N–H and O–H groups in total. The van der Waals surface area contributed by atoms with Gasteiger partial charge in [-0.1, -0.05) is 54.2 Å². The first-order valence-corrected chi connectivity index (χ1v) is 12.4. The third-order valence-electron chi connectivity index (χ3n) is 5.40. The van der Waals surface area contributed by atoms with Crippen LogP contribution in [0, 0.1) is 0 Å². The molecule has 180 valence electrons. The lowest BCUT2D eigenvalue weighted by atomic mass is 10.1. The van der Waals surface area contributed by atoms with Crippen LogP contribution in [-0.4, -0.2) is 40.1 Å². The first-order chi connectivity index (χ1) is 17.1. The van der Waals surface area contributed by atoms with Gasteiger partial charge in [0.2, 0.25) is 5.91 Å². The van der Waals surface area contributed by atoms with E-state index >= 15 is 0 Å². The van der Waals surface area contributed by atoms with Gasteiger partial charge >= 0.3 is 0 Å². The van der Waals surface area contributed by atoms with E-state index in [-0.39, 0.29) is 17.7 Å². The second kappa shape index (κ2) is 11.6. The summed E-state index contributed by atoms with van der Waals surface area (Å²) in [6, 6.07) is 25.2. The first kappa shape index (κ1) is 24.3. The summed E-state index contributed by atoms with van der Waals surface area (Å²) in [5, 5.41) is 12.5. The van der Waals surface area contributed by atoms with Crippen LogP contribution >= 0.6 is 11.8 Å². The molecular weight excluding hydrogens is 460 g/mol. The Labute approximate surface area is 209 Å². The second-order valence-electron chi connectivity index (χ2n) is 7.76. The summed E-state index contributed by atoms with van der Waals surface area (Å²) < 4.78 is 13.1. The number of para-hydroxylation sites is 1. The molecule has 3 aromatic carbocycles. The number of amides is 1. The molecule has 0 bridgehead atoms. The van der Waals surface area contributed by atoms with Gasteiger partial charge in [0.05, 0.1) is 36.8 Å². The minimum atomic E-state index is -0.0857. The van der Waals surface area contributed by atoms with Gasteiger partial charge in [0.25, 0.3) is 0 Å². The van der Waals surface area contributed by atoms with Crippen LogP contribution in [0.5, 0.6) is 11.5 Å². The standard InChI is InChI=1S/C27H28N4O3S/c1-4-34-22-16-14-21(15-17-22)31-26(23-12-8-9-13-24(23)33-3)29-30-27(31)35-18-25(32)28-19(2)20-10-6-5-7-11-20/h5-17,19H,4,18H2,1-3H3,(H,28,32). The van der Waals surface area contributed by atoms with Crippen molar-refractivity contribution in [2.75, 3.05) is 19.5 Å². The van der Waals surface area contributed by atoms with Crippen molar-refractivity contribution in [2.45, 2.75) is 25.0 Å². The number of hydrogen-bond acceptors (Lipinski definition) is 6. The Kier molecular flexibility index (Phi) is 8.05. The van der Waals surface area contributed by atoms with E-state index in [0.29, 0.717) is 23.3 Å². The molecule has 1 heterocycles. The minimum Gasteiger partial charge on any atom is -0.496 e. The van der Waals surface area contributed by atoms with Crippen molar-refractivity contribution in [3.05, 3.63) is 84.4 Å². The van der Waals surface area contributed by atoms with Crippen LogP contribution in [0.2, 0.25) is 0 Å². The second-order valence-corrected chi connectivity index (χ2v) is 8.70. The SMILES string of the molecule is CCOc1ccc(-n2c(SCC(=O)NC(C)c3ccccc3)nnc2-c2ccccc2OC)cc1. The largest absolute Gasteiger partial charge is 0.496 e. The van der Waals surface area contributed by atoms with Crippen molar-refractivity contribution in [2.24, 2.45) is 0 Å². The highest BCUT2D eigenvalue weighted by atomic mass is 32.2. The average Bonchev–Trinajstić information content (AvgIpc) is 3.32. The van der Waals surface area contributed by atoms with Crippen LogP contribution in [-0.2, 0) is 4.79 Å². The van der Waals surface area contributed by atoms with Crippen LogP contribution in [0.25, 0.3) is 17.1 Å². The molecule has 7 nitrogen and oxygen atoms in total. The Morgan fingerprint density at radius 1 is 1.00 bits per heavy atom. The Hall–Kier alpha value is -3.78. The summed E-state index contributed by atoms with van der Waals surface area (Å²) in [6.45, 7) is 4.52. The van der Waals surface area contributed by atoms with Gasteiger partial charge in [0.15, 0.2) is 11.0 Å². The number of benzene rings is 3. The summed E-state index contributed by atoms with van der Waals surface area (Å²) >= 11 is 1.34. The van der Waals surface area contributed by atoms with E-state index in [0.717, 1.165) is 22.6 Å². The third kappa shape index (κ3) is 5.84. The quantitative estimate of drug-likeness (QED) is 0.305. The normalized spacial score (nSPS) is 11.6. The zero-order chi connectivity index (χ0) is 24.6. The van der Waals surface area contributed by atoms with Gasteiger partial charge in [-0.25, -0.2) is 0 Å². The van der Waals surface area contributed by atoms with E-state index in [2.05, 4.69) is 15.5 Å². The lowest BCUT2D eigenvalue weighted by Gasteiger charge is -2.15. The molecule has 0 radical (unpaired) electrons. The number of nitrogens with zero attached hydrogens (tertiary/aromatic N) is 3. The van der Waals surface area contributed by atoms with Crippen molar-refractivity contribution in [3.8, 4) is 28.6 Å². The number of hydrogen-bond donors (Lipinski definition) is 1. The zero-order valence-electron chi connectivity index (χ0n) is 20.0. The van der Waals surface area contributed by atoms with Gasteiger partial charge in [-0.15, -0.1) is 10.2 Å². The fourth-order valence-corrected chi connectivity index (χ4v) is 4.46. The number of methoxy groups -OCH3 is 1. The maximum atomic E-state index is 12.7. The maximum Gasteiger partial charge on any atom is 0.230 e. The molecule has 1 atom stereocenters. The Morgan fingerprint density at radius 2 is 1.71 bits per heavy atom. The molecule has 0 aliphatic carbocycles. The molecule has 4 rings (SSSR count).